The van der Waals surface area contributed by atoms with Gasteiger partial charge in [-0.1, -0.05) is 18.2 Å². The van der Waals surface area contributed by atoms with Crippen molar-refractivity contribution >= 4 is 28.3 Å². The molecule has 0 aliphatic rings. The molecule has 3 heterocycles. The van der Waals surface area contributed by atoms with Crippen LogP contribution < -0.4 is 5.32 Å². The molecule has 0 radical (unpaired) electrons. The Morgan fingerprint density at radius 1 is 1.23 bits per heavy atom. The molecule has 6 nitrogen and oxygen atoms in total. The van der Waals surface area contributed by atoms with Crippen LogP contribution in [0.15, 0.2) is 46.2 Å². The van der Waals surface area contributed by atoms with Crippen molar-refractivity contribution in [2.24, 2.45) is 7.05 Å². The van der Waals surface area contributed by atoms with Gasteiger partial charge in [-0.15, -0.1) is 11.3 Å². The third-order valence-electron chi connectivity index (χ3n) is 4.28. The van der Waals surface area contributed by atoms with Gasteiger partial charge in [0.25, 0.3) is 0 Å². The number of aromatic nitrogens is 3. The molecule has 0 saturated heterocycles. The van der Waals surface area contributed by atoms with Crippen LogP contribution in [0.5, 0.6) is 0 Å². The first-order valence-electron chi connectivity index (χ1n) is 8.29. The van der Waals surface area contributed by atoms with Gasteiger partial charge in [0.15, 0.2) is 0 Å². The first kappa shape index (κ1) is 16.5. The number of carbonyl (C=O) groups excluding carboxylic acids is 1. The zero-order chi connectivity index (χ0) is 18.1. The zero-order valence-corrected chi connectivity index (χ0v) is 15.3. The van der Waals surface area contributed by atoms with Gasteiger partial charge in [0.1, 0.15) is 11.6 Å². The Kier molecular flexibility index (Phi) is 4.30. The normalized spacial score (nSPS) is 11.2. The molecule has 3 aromatic heterocycles. The summed E-state index contributed by atoms with van der Waals surface area (Å²) in [5.41, 5.74) is 2.63. The molecule has 0 bridgehead atoms. The largest absolute Gasteiger partial charge is 0.440 e. The van der Waals surface area contributed by atoms with Gasteiger partial charge < -0.3 is 14.3 Å². The number of imidazole rings is 1. The second kappa shape index (κ2) is 6.76. The molecule has 4 aromatic rings. The first-order valence-corrected chi connectivity index (χ1v) is 9.17. The minimum absolute atomic E-state index is 0.105. The molecule has 7 heteroatoms. The van der Waals surface area contributed by atoms with E-state index in [4.69, 9.17) is 4.42 Å². The minimum atomic E-state index is -0.105. The fourth-order valence-electron chi connectivity index (χ4n) is 2.84. The number of thiophene rings is 1. The van der Waals surface area contributed by atoms with E-state index >= 15 is 0 Å². The average molecular weight is 366 g/mol. The molecule has 1 amide bonds. The van der Waals surface area contributed by atoms with Crippen LogP contribution in [0.25, 0.3) is 21.8 Å². The number of para-hydroxylation sites is 2. The summed E-state index contributed by atoms with van der Waals surface area (Å²) in [4.78, 5) is 22.3. The average Bonchev–Trinajstić information content (AvgIpc) is 3.35. The quantitative estimate of drug-likeness (QED) is 0.587. The molecule has 26 heavy (non-hydrogen) atoms. The highest BCUT2D eigenvalue weighted by Crippen LogP contribution is 2.26. The fourth-order valence-corrected chi connectivity index (χ4v) is 3.49. The molecule has 0 unspecified atom stereocenters. The van der Waals surface area contributed by atoms with Gasteiger partial charge in [0.05, 0.1) is 34.6 Å². The summed E-state index contributed by atoms with van der Waals surface area (Å²) in [5.74, 6) is 1.95. The number of aryl methyl sites for hydroxylation is 2. The van der Waals surface area contributed by atoms with Gasteiger partial charge in [-0.3, -0.25) is 4.79 Å². The van der Waals surface area contributed by atoms with Crippen LogP contribution in [-0.4, -0.2) is 20.4 Å². The number of hydrogen-bond donors (Lipinski definition) is 1. The standard InChI is InChI=1S/C19H18N4O2S/c1-12-14(22-19(25-12)16-8-5-9-26-16)10-18(24)20-11-17-21-13-6-3-4-7-15(13)23(17)2/h3-9H,10-11H2,1-2H3,(H,20,24). The van der Waals surface area contributed by atoms with Crippen LogP contribution in [0, 0.1) is 6.92 Å². The molecule has 0 atom stereocenters. The zero-order valence-electron chi connectivity index (χ0n) is 14.5. The Balaban J connectivity index is 1.43. The summed E-state index contributed by atoms with van der Waals surface area (Å²) in [6, 6.07) is 11.8. The van der Waals surface area contributed by atoms with Crippen molar-refractivity contribution in [3.63, 3.8) is 0 Å². The van der Waals surface area contributed by atoms with Crippen molar-refractivity contribution in [3.8, 4) is 10.8 Å². The predicted octanol–water partition coefficient (Wildman–Crippen LogP) is 3.46. The van der Waals surface area contributed by atoms with Crippen molar-refractivity contribution in [3.05, 3.63) is 59.1 Å². The van der Waals surface area contributed by atoms with Crippen LogP contribution in [0.2, 0.25) is 0 Å². The number of carbonyl (C=O) groups is 1. The second-order valence-electron chi connectivity index (χ2n) is 6.03. The van der Waals surface area contributed by atoms with Crippen LogP contribution in [0.4, 0.5) is 0 Å². The van der Waals surface area contributed by atoms with Gasteiger partial charge in [-0.2, -0.15) is 0 Å². The van der Waals surface area contributed by atoms with Crippen molar-refractivity contribution in [1.82, 2.24) is 19.9 Å². The third kappa shape index (κ3) is 3.13. The molecule has 0 spiro atoms. The molecule has 1 N–H and O–H groups in total. The van der Waals surface area contributed by atoms with Gasteiger partial charge in [-0.05, 0) is 30.5 Å². The van der Waals surface area contributed by atoms with Crippen molar-refractivity contribution < 1.29 is 9.21 Å². The van der Waals surface area contributed by atoms with Crippen LogP contribution in [0.3, 0.4) is 0 Å². The van der Waals surface area contributed by atoms with E-state index in [1.807, 2.05) is 60.3 Å². The number of hydrogen-bond acceptors (Lipinski definition) is 5. The smallest absolute Gasteiger partial charge is 0.236 e. The van der Waals surface area contributed by atoms with Crippen molar-refractivity contribution in [2.75, 3.05) is 0 Å². The summed E-state index contributed by atoms with van der Waals surface area (Å²) in [6.45, 7) is 2.21. The fraction of sp³-hybridized carbons (Fsp3) is 0.211. The van der Waals surface area contributed by atoms with Gasteiger partial charge in [-0.25, -0.2) is 9.97 Å². The molecule has 132 valence electrons. The lowest BCUT2D eigenvalue weighted by Gasteiger charge is -2.05. The summed E-state index contributed by atoms with van der Waals surface area (Å²) >= 11 is 1.56. The monoisotopic (exact) mass is 366 g/mol. The lowest BCUT2D eigenvalue weighted by Crippen LogP contribution is -2.26. The van der Waals surface area contributed by atoms with Crippen LogP contribution in [0.1, 0.15) is 17.3 Å². The Labute approximate surface area is 154 Å². The maximum absolute atomic E-state index is 12.3. The van der Waals surface area contributed by atoms with Crippen molar-refractivity contribution in [1.29, 1.82) is 0 Å². The maximum Gasteiger partial charge on any atom is 0.236 e. The SMILES string of the molecule is Cc1oc(-c2cccs2)nc1CC(=O)NCc1nc2ccccc2n1C. The predicted molar refractivity (Wildman–Crippen MR) is 101 cm³/mol. The van der Waals surface area contributed by atoms with Gasteiger partial charge in [0.2, 0.25) is 11.8 Å². The summed E-state index contributed by atoms with van der Waals surface area (Å²) in [7, 11) is 1.95. The lowest BCUT2D eigenvalue weighted by molar-refractivity contribution is -0.120. The number of amides is 1. The second-order valence-corrected chi connectivity index (χ2v) is 6.98. The Morgan fingerprint density at radius 3 is 2.85 bits per heavy atom. The number of oxazole rings is 1. The van der Waals surface area contributed by atoms with E-state index in [1.165, 1.54) is 0 Å². The number of rotatable bonds is 5. The number of fused-ring (bicyclic) bond motifs is 1. The highest BCUT2D eigenvalue weighted by Gasteiger charge is 2.16. The summed E-state index contributed by atoms with van der Waals surface area (Å²) in [5, 5.41) is 4.89. The molecular weight excluding hydrogens is 348 g/mol. The molecule has 0 aliphatic carbocycles. The highest BCUT2D eigenvalue weighted by molar-refractivity contribution is 7.13. The highest BCUT2D eigenvalue weighted by atomic mass is 32.1. The van der Waals surface area contributed by atoms with E-state index in [0.29, 0.717) is 23.9 Å². The molecule has 0 fully saturated rings. The lowest BCUT2D eigenvalue weighted by atomic mass is 10.2. The van der Waals surface area contributed by atoms with Crippen LogP contribution >= 0.6 is 11.3 Å². The first-order chi connectivity index (χ1) is 12.6. The Morgan fingerprint density at radius 2 is 2.08 bits per heavy atom. The molecule has 1 aromatic carbocycles. The Hall–Kier alpha value is -2.93. The molecule has 4 rings (SSSR count). The van der Waals surface area contributed by atoms with E-state index in [0.717, 1.165) is 21.7 Å². The molecule has 0 aliphatic heterocycles. The van der Waals surface area contributed by atoms with E-state index in [1.54, 1.807) is 11.3 Å². The minimum Gasteiger partial charge on any atom is -0.440 e. The Bertz CT molecular complexity index is 1060. The number of nitrogens with zero attached hydrogens (tertiary/aromatic N) is 3. The topological polar surface area (TPSA) is 73.0 Å². The van der Waals surface area contributed by atoms with Gasteiger partial charge in [0, 0.05) is 7.05 Å². The number of nitrogens with one attached hydrogen (secondary N) is 1. The van der Waals surface area contributed by atoms with E-state index in [2.05, 4.69) is 15.3 Å². The van der Waals surface area contributed by atoms with E-state index in [-0.39, 0.29) is 12.3 Å². The summed E-state index contributed by atoms with van der Waals surface area (Å²) < 4.78 is 7.68. The molecular formula is C19H18N4O2S. The van der Waals surface area contributed by atoms with Gasteiger partial charge >= 0.3 is 0 Å². The van der Waals surface area contributed by atoms with E-state index in [9.17, 15) is 4.79 Å². The van der Waals surface area contributed by atoms with Crippen LogP contribution in [-0.2, 0) is 24.8 Å². The summed E-state index contributed by atoms with van der Waals surface area (Å²) in [6.07, 6.45) is 0.185. The number of benzene rings is 1. The molecule has 0 saturated carbocycles. The maximum atomic E-state index is 12.3. The third-order valence-corrected chi connectivity index (χ3v) is 5.13. The van der Waals surface area contributed by atoms with Crippen molar-refractivity contribution in [2.45, 2.75) is 19.9 Å². The van der Waals surface area contributed by atoms with E-state index < -0.39 is 0 Å².